The molecule has 0 aromatic carbocycles. The zero-order valence-corrected chi connectivity index (χ0v) is 13.2. The number of anilines is 1. The lowest BCUT2D eigenvalue weighted by Crippen LogP contribution is -2.38. The summed E-state index contributed by atoms with van der Waals surface area (Å²) < 4.78 is 4.26. The monoisotopic (exact) mass is 304 g/mol. The lowest BCUT2D eigenvalue weighted by molar-refractivity contribution is 0.320. The van der Waals surface area contributed by atoms with E-state index in [0.717, 1.165) is 35.6 Å². The Balaban J connectivity index is 2.35. The number of hydrogen-bond acceptors (Lipinski definition) is 5. The van der Waals surface area contributed by atoms with E-state index >= 15 is 0 Å². The van der Waals surface area contributed by atoms with Gasteiger partial charge in [0.1, 0.15) is 5.82 Å². The molecule has 1 aliphatic rings. The minimum Gasteiger partial charge on any atom is -0.382 e. The SMILES string of the molecule is C=C/C=C(\c1snc(N)c1C=C)N1CCCCCC(N)C1. The molecule has 21 heavy (non-hydrogen) atoms. The number of nitrogens with two attached hydrogens (primary N) is 2. The van der Waals surface area contributed by atoms with Crippen molar-refractivity contribution in [2.75, 3.05) is 18.8 Å². The molecule has 1 saturated heterocycles. The number of aromatic nitrogens is 1. The van der Waals surface area contributed by atoms with Crippen LogP contribution >= 0.6 is 11.5 Å². The summed E-state index contributed by atoms with van der Waals surface area (Å²) in [4.78, 5) is 3.39. The second-order valence-corrected chi connectivity index (χ2v) is 6.13. The molecule has 0 spiro atoms. The van der Waals surface area contributed by atoms with Crippen molar-refractivity contribution in [3.63, 3.8) is 0 Å². The Bertz CT molecular complexity index is 532. The van der Waals surface area contributed by atoms with Crippen molar-refractivity contribution in [2.45, 2.75) is 31.7 Å². The standard InChI is InChI=1S/C16H24N4S/c1-3-8-14(15-13(4-2)16(18)19-21-15)20-10-7-5-6-9-12(17)11-20/h3-4,8,12H,1-2,5-7,9-11,17H2,(H2,18,19)/b14-8+. The van der Waals surface area contributed by atoms with Crippen molar-refractivity contribution >= 4 is 29.1 Å². The third-order valence-corrected chi connectivity index (χ3v) is 4.67. The molecular formula is C16H24N4S. The van der Waals surface area contributed by atoms with Crippen LogP contribution in [0.15, 0.2) is 25.3 Å². The van der Waals surface area contributed by atoms with Gasteiger partial charge in [-0.3, -0.25) is 0 Å². The molecule has 0 amide bonds. The minimum absolute atomic E-state index is 0.205. The first-order valence-electron chi connectivity index (χ1n) is 7.38. The Morgan fingerprint density at radius 2 is 2.14 bits per heavy atom. The fourth-order valence-electron chi connectivity index (χ4n) is 2.70. The van der Waals surface area contributed by atoms with Crippen molar-refractivity contribution in [3.05, 3.63) is 35.8 Å². The number of nitrogen functional groups attached to an aromatic ring is 1. The fourth-order valence-corrected chi connectivity index (χ4v) is 3.56. The highest BCUT2D eigenvalue weighted by atomic mass is 32.1. The minimum atomic E-state index is 0.205. The van der Waals surface area contributed by atoms with Gasteiger partial charge in [0.2, 0.25) is 0 Å². The molecule has 2 rings (SSSR count). The van der Waals surface area contributed by atoms with E-state index in [1.165, 1.54) is 30.8 Å². The Morgan fingerprint density at radius 1 is 1.33 bits per heavy atom. The van der Waals surface area contributed by atoms with Crippen LogP contribution in [0.1, 0.15) is 36.1 Å². The van der Waals surface area contributed by atoms with Gasteiger partial charge in [-0.15, -0.1) is 0 Å². The molecule has 1 fully saturated rings. The predicted molar refractivity (Wildman–Crippen MR) is 92.8 cm³/mol. The number of nitrogens with zero attached hydrogens (tertiary/aromatic N) is 2. The third kappa shape index (κ3) is 3.74. The summed E-state index contributed by atoms with van der Waals surface area (Å²) in [6.45, 7) is 9.55. The molecule has 1 aromatic heterocycles. The first kappa shape index (κ1) is 15.8. The molecule has 0 radical (unpaired) electrons. The van der Waals surface area contributed by atoms with Crippen LogP contribution < -0.4 is 11.5 Å². The first-order chi connectivity index (χ1) is 10.2. The lowest BCUT2D eigenvalue weighted by Gasteiger charge is -2.31. The Kier molecular flexibility index (Phi) is 5.59. The van der Waals surface area contributed by atoms with Crippen molar-refractivity contribution in [3.8, 4) is 0 Å². The Morgan fingerprint density at radius 3 is 2.86 bits per heavy atom. The lowest BCUT2D eigenvalue weighted by atomic mass is 10.0. The van der Waals surface area contributed by atoms with Gasteiger partial charge in [0.05, 0.1) is 10.6 Å². The van der Waals surface area contributed by atoms with Crippen LogP contribution in [-0.2, 0) is 0 Å². The van der Waals surface area contributed by atoms with Crippen molar-refractivity contribution in [1.29, 1.82) is 0 Å². The van der Waals surface area contributed by atoms with E-state index in [2.05, 4.69) is 22.4 Å². The summed E-state index contributed by atoms with van der Waals surface area (Å²) in [5, 5.41) is 0. The largest absolute Gasteiger partial charge is 0.382 e. The van der Waals surface area contributed by atoms with Gasteiger partial charge < -0.3 is 16.4 Å². The Labute approximate surface area is 131 Å². The summed E-state index contributed by atoms with van der Waals surface area (Å²) in [6, 6.07) is 0.205. The van der Waals surface area contributed by atoms with Gasteiger partial charge in [-0.2, -0.15) is 4.37 Å². The molecule has 0 bridgehead atoms. The zero-order valence-electron chi connectivity index (χ0n) is 12.4. The maximum atomic E-state index is 6.23. The van der Waals surface area contributed by atoms with Gasteiger partial charge in [0, 0.05) is 24.7 Å². The van der Waals surface area contributed by atoms with E-state index in [9.17, 15) is 0 Å². The predicted octanol–water partition coefficient (Wildman–Crippen LogP) is 3.10. The normalized spacial score (nSPS) is 20.7. The van der Waals surface area contributed by atoms with E-state index in [1.807, 2.05) is 12.2 Å². The van der Waals surface area contributed by atoms with Crippen molar-refractivity contribution < 1.29 is 0 Å². The second kappa shape index (κ2) is 7.43. The summed E-state index contributed by atoms with van der Waals surface area (Å²) >= 11 is 1.41. The average Bonchev–Trinajstić information content (AvgIpc) is 2.81. The van der Waals surface area contributed by atoms with Gasteiger partial charge in [0.25, 0.3) is 0 Å². The summed E-state index contributed by atoms with van der Waals surface area (Å²) in [5.41, 5.74) is 14.2. The van der Waals surface area contributed by atoms with Crippen LogP contribution in [0.3, 0.4) is 0 Å². The number of rotatable bonds is 4. The highest BCUT2D eigenvalue weighted by molar-refractivity contribution is 7.07. The number of allylic oxidation sites excluding steroid dienone is 2. The quantitative estimate of drug-likeness (QED) is 0.839. The van der Waals surface area contributed by atoms with Gasteiger partial charge in [0.15, 0.2) is 0 Å². The Hall–Kier alpha value is -1.59. The van der Waals surface area contributed by atoms with Crippen LogP contribution in [-0.4, -0.2) is 28.4 Å². The second-order valence-electron chi connectivity index (χ2n) is 5.36. The molecule has 114 valence electrons. The van der Waals surface area contributed by atoms with Gasteiger partial charge >= 0.3 is 0 Å². The van der Waals surface area contributed by atoms with Crippen molar-refractivity contribution in [2.24, 2.45) is 5.73 Å². The topological polar surface area (TPSA) is 68.2 Å². The van der Waals surface area contributed by atoms with E-state index in [4.69, 9.17) is 11.5 Å². The van der Waals surface area contributed by atoms with Gasteiger partial charge in [-0.05, 0) is 30.5 Å². The zero-order chi connectivity index (χ0) is 15.2. The molecular weight excluding hydrogens is 280 g/mol. The van der Waals surface area contributed by atoms with Crippen molar-refractivity contribution in [1.82, 2.24) is 9.27 Å². The molecule has 4 N–H and O–H groups in total. The maximum absolute atomic E-state index is 6.23. The molecule has 0 saturated carbocycles. The third-order valence-electron chi connectivity index (χ3n) is 3.77. The highest BCUT2D eigenvalue weighted by Crippen LogP contribution is 2.32. The van der Waals surface area contributed by atoms with Crippen LogP contribution in [0.2, 0.25) is 0 Å². The maximum Gasteiger partial charge on any atom is 0.145 e. The van der Waals surface area contributed by atoms with E-state index in [0.29, 0.717) is 5.82 Å². The number of hydrogen-bond donors (Lipinski definition) is 2. The van der Waals surface area contributed by atoms with Crippen LogP contribution in [0.25, 0.3) is 11.8 Å². The first-order valence-corrected chi connectivity index (χ1v) is 8.16. The highest BCUT2D eigenvalue weighted by Gasteiger charge is 2.21. The fraction of sp³-hybridized carbons (Fsp3) is 0.438. The molecule has 2 heterocycles. The molecule has 5 heteroatoms. The van der Waals surface area contributed by atoms with Gasteiger partial charge in [-0.1, -0.05) is 38.2 Å². The molecule has 1 aromatic rings. The van der Waals surface area contributed by atoms with Crippen LogP contribution in [0.4, 0.5) is 5.82 Å². The van der Waals surface area contributed by atoms with E-state index < -0.39 is 0 Å². The average molecular weight is 304 g/mol. The molecule has 1 aliphatic heterocycles. The van der Waals surface area contributed by atoms with Crippen LogP contribution in [0, 0.1) is 0 Å². The smallest absolute Gasteiger partial charge is 0.145 e. The molecule has 4 nitrogen and oxygen atoms in total. The van der Waals surface area contributed by atoms with Crippen LogP contribution in [0.5, 0.6) is 0 Å². The molecule has 1 atom stereocenters. The van der Waals surface area contributed by atoms with E-state index in [1.54, 1.807) is 6.08 Å². The van der Waals surface area contributed by atoms with E-state index in [-0.39, 0.29) is 6.04 Å². The van der Waals surface area contributed by atoms with Gasteiger partial charge in [-0.25, -0.2) is 0 Å². The number of likely N-dealkylation sites (tertiary alicyclic amines) is 1. The molecule has 0 aliphatic carbocycles. The molecule has 1 unspecified atom stereocenters. The summed E-state index contributed by atoms with van der Waals surface area (Å²) in [7, 11) is 0. The summed E-state index contributed by atoms with van der Waals surface area (Å²) in [5.74, 6) is 0.538. The summed E-state index contributed by atoms with van der Waals surface area (Å²) in [6.07, 6.45) is 10.3.